The highest BCUT2D eigenvalue weighted by molar-refractivity contribution is 9.10. The Hall–Kier alpha value is -3.26. The zero-order chi connectivity index (χ0) is 23.4. The molecule has 0 saturated carbocycles. The van der Waals surface area contributed by atoms with Gasteiger partial charge in [-0.2, -0.15) is 0 Å². The Balaban J connectivity index is 1.42. The van der Waals surface area contributed by atoms with Crippen LogP contribution in [0.5, 0.6) is 0 Å². The van der Waals surface area contributed by atoms with Gasteiger partial charge in [0.1, 0.15) is 6.54 Å². The van der Waals surface area contributed by atoms with Gasteiger partial charge in [-0.25, -0.2) is 0 Å². The van der Waals surface area contributed by atoms with E-state index in [0.717, 1.165) is 33.8 Å². The Morgan fingerprint density at radius 2 is 2.06 bits per heavy atom. The van der Waals surface area contributed by atoms with E-state index >= 15 is 0 Å². The van der Waals surface area contributed by atoms with Crippen molar-refractivity contribution in [1.82, 2.24) is 19.8 Å². The monoisotopic (exact) mass is 508 g/mol. The summed E-state index contributed by atoms with van der Waals surface area (Å²) in [5, 5.41) is 3.78. The number of nitrogens with one attached hydrogen (secondary N) is 1. The number of pyridine rings is 1. The third-order valence-electron chi connectivity index (χ3n) is 5.78. The second-order valence-electron chi connectivity index (χ2n) is 8.18. The molecule has 8 heteroatoms. The minimum absolute atomic E-state index is 0.0544. The predicted molar refractivity (Wildman–Crippen MR) is 130 cm³/mol. The first-order chi connectivity index (χ1) is 15.9. The standard InChI is InChI=1S/C25H25BrN4O3/c1-2-25(33)30-13-19(14-30)28-24(32)16-29-15-21(20-11-18(26)8-9-22(20)29)23(31)7-3-5-17-6-4-10-27-12-17/h2,4,6,8-12,15,19H,1,3,5,7,13-14,16H2,(H,28,32). The van der Waals surface area contributed by atoms with Crippen molar-refractivity contribution in [3.05, 3.63) is 77.2 Å². The lowest BCUT2D eigenvalue weighted by Gasteiger charge is -2.38. The molecule has 1 saturated heterocycles. The number of ketones is 1. The van der Waals surface area contributed by atoms with Crippen molar-refractivity contribution in [2.24, 2.45) is 0 Å². The molecule has 0 radical (unpaired) electrons. The van der Waals surface area contributed by atoms with Crippen molar-refractivity contribution in [2.45, 2.75) is 31.8 Å². The molecule has 1 fully saturated rings. The van der Waals surface area contributed by atoms with Crippen molar-refractivity contribution in [1.29, 1.82) is 0 Å². The van der Waals surface area contributed by atoms with Crippen molar-refractivity contribution in [3.63, 3.8) is 0 Å². The number of fused-ring (bicyclic) bond motifs is 1. The number of nitrogens with zero attached hydrogens (tertiary/aromatic N) is 3. The van der Waals surface area contributed by atoms with E-state index in [2.05, 4.69) is 32.8 Å². The van der Waals surface area contributed by atoms with Gasteiger partial charge in [-0.05, 0) is 48.7 Å². The highest BCUT2D eigenvalue weighted by atomic mass is 79.9. The second-order valence-corrected chi connectivity index (χ2v) is 9.10. The molecule has 0 aliphatic carbocycles. The van der Waals surface area contributed by atoms with Crippen molar-refractivity contribution in [3.8, 4) is 0 Å². The summed E-state index contributed by atoms with van der Waals surface area (Å²) in [4.78, 5) is 43.0. The lowest BCUT2D eigenvalue weighted by molar-refractivity contribution is -0.133. The van der Waals surface area contributed by atoms with Crippen LogP contribution in [-0.4, -0.2) is 51.2 Å². The first-order valence-electron chi connectivity index (χ1n) is 10.9. The van der Waals surface area contributed by atoms with Gasteiger partial charge in [0.2, 0.25) is 11.8 Å². The van der Waals surface area contributed by atoms with Crippen LogP contribution in [0.3, 0.4) is 0 Å². The molecule has 3 heterocycles. The Bertz CT molecular complexity index is 1200. The van der Waals surface area contributed by atoms with E-state index in [1.807, 2.05) is 41.1 Å². The molecule has 1 aliphatic heterocycles. The molecular weight excluding hydrogens is 484 g/mol. The molecule has 170 valence electrons. The minimum atomic E-state index is -0.152. The minimum Gasteiger partial charge on any atom is -0.348 e. The fraction of sp³-hybridized carbons (Fsp3) is 0.280. The van der Waals surface area contributed by atoms with E-state index in [9.17, 15) is 14.4 Å². The fourth-order valence-electron chi connectivity index (χ4n) is 4.06. The second kappa shape index (κ2) is 10.1. The molecule has 1 aliphatic rings. The number of benzene rings is 1. The molecule has 0 unspecified atom stereocenters. The largest absolute Gasteiger partial charge is 0.348 e. The van der Waals surface area contributed by atoms with Gasteiger partial charge in [-0.3, -0.25) is 19.4 Å². The molecule has 33 heavy (non-hydrogen) atoms. The Morgan fingerprint density at radius 1 is 1.24 bits per heavy atom. The van der Waals surface area contributed by atoms with Crippen LogP contribution < -0.4 is 5.32 Å². The maximum absolute atomic E-state index is 13.0. The van der Waals surface area contributed by atoms with Gasteiger partial charge in [-0.1, -0.05) is 28.6 Å². The first-order valence-corrected chi connectivity index (χ1v) is 11.6. The summed E-state index contributed by atoms with van der Waals surface area (Å²) >= 11 is 3.49. The predicted octanol–water partition coefficient (Wildman–Crippen LogP) is 3.52. The molecule has 0 bridgehead atoms. The van der Waals surface area contributed by atoms with E-state index in [1.165, 1.54) is 6.08 Å². The topological polar surface area (TPSA) is 84.3 Å². The fourth-order valence-corrected chi connectivity index (χ4v) is 4.42. The van der Waals surface area contributed by atoms with Crippen LogP contribution in [0, 0.1) is 0 Å². The first kappa shape index (κ1) is 22.9. The lowest BCUT2D eigenvalue weighted by Crippen LogP contribution is -2.61. The van der Waals surface area contributed by atoms with E-state index in [0.29, 0.717) is 25.1 Å². The number of Topliss-reactive ketones (excluding diaryl/α,β-unsaturated/α-hetero) is 1. The van der Waals surface area contributed by atoms with Crippen LogP contribution in [0.4, 0.5) is 0 Å². The van der Waals surface area contributed by atoms with Crippen molar-refractivity contribution >= 4 is 44.4 Å². The van der Waals surface area contributed by atoms with Gasteiger partial charge in [0, 0.05) is 59.0 Å². The van der Waals surface area contributed by atoms with Crippen LogP contribution in [-0.2, 0) is 22.6 Å². The molecule has 0 atom stereocenters. The zero-order valence-corrected chi connectivity index (χ0v) is 19.8. The van der Waals surface area contributed by atoms with Gasteiger partial charge in [0.25, 0.3) is 0 Å². The maximum Gasteiger partial charge on any atom is 0.246 e. The highest BCUT2D eigenvalue weighted by Gasteiger charge is 2.30. The molecular formula is C25H25BrN4O3. The summed E-state index contributed by atoms with van der Waals surface area (Å²) in [6.07, 6.45) is 8.54. The van der Waals surface area contributed by atoms with Gasteiger partial charge in [0.15, 0.2) is 5.78 Å². The van der Waals surface area contributed by atoms with Crippen LogP contribution in [0.25, 0.3) is 10.9 Å². The summed E-state index contributed by atoms with van der Waals surface area (Å²) in [6, 6.07) is 9.57. The maximum atomic E-state index is 13.0. The quantitative estimate of drug-likeness (QED) is 0.354. The van der Waals surface area contributed by atoms with Gasteiger partial charge in [0.05, 0.1) is 6.04 Å². The molecule has 2 aromatic heterocycles. The summed E-state index contributed by atoms with van der Waals surface area (Å²) in [7, 11) is 0. The molecule has 0 spiro atoms. The number of carbonyl (C=O) groups excluding carboxylic acids is 3. The molecule has 3 aromatic rings. The Morgan fingerprint density at radius 3 is 2.79 bits per heavy atom. The molecule has 1 N–H and O–H groups in total. The average Bonchev–Trinajstić information content (AvgIpc) is 3.13. The average molecular weight is 509 g/mol. The Kier molecular flexibility index (Phi) is 7.03. The summed E-state index contributed by atoms with van der Waals surface area (Å²) in [6.45, 7) is 4.55. The van der Waals surface area contributed by atoms with E-state index in [1.54, 1.807) is 17.3 Å². The number of halogens is 1. The molecule has 1 aromatic carbocycles. The van der Waals surface area contributed by atoms with Crippen LogP contribution in [0.1, 0.15) is 28.8 Å². The van der Waals surface area contributed by atoms with Gasteiger partial charge in [-0.15, -0.1) is 0 Å². The lowest BCUT2D eigenvalue weighted by atomic mass is 10.0. The van der Waals surface area contributed by atoms with E-state index < -0.39 is 0 Å². The summed E-state index contributed by atoms with van der Waals surface area (Å²) in [5.41, 5.74) is 2.56. The van der Waals surface area contributed by atoms with Gasteiger partial charge >= 0.3 is 0 Å². The smallest absolute Gasteiger partial charge is 0.246 e. The molecule has 4 rings (SSSR count). The number of rotatable bonds is 9. The number of carbonyl (C=O) groups is 3. The van der Waals surface area contributed by atoms with Crippen LogP contribution >= 0.6 is 15.9 Å². The van der Waals surface area contributed by atoms with Crippen LogP contribution in [0.2, 0.25) is 0 Å². The summed E-state index contributed by atoms with van der Waals surface area (Å²) < 4.78 is 2.69. The SMILES string of the molecule is C=CC(=O)N1CC(NC(=O)Cn2cc(C(=O)CCCc3cccnc3)c3cc(Br)ccc32)C1. The van der Waals surface area contributed by atoms with Gasteiger partial charge < -0.3 is 14.8 Å². The summed E-state index contributed by atoms with van der Waals surface area (Å²) in [5.74, 6) is -0.228. The number of hydrogen-bond acceptors (Lipinski definition) is 4. The van der Waals surface area contributed by atoms with Crippen molar-refractivity contribution < 1.29 is 14.4 Å². The number of aromatic nitrogens is 2. The highest BCUT2D eigenvalue weighted by Crippen LogP contribution is 2.27. The number of amides is 2. The third kappa shape index (κ3) is 5.39. The zero-order valence-electron chi connectivity index (χ0n) is 18.2. The molecule has 7 nitrogen and oxygen atoms in total. The molecule has 2 amide bonds. The van der Waals surface area contributed by atoms with Crippen LogP contribution in [0.15, 0.2) is 66.1 Å². The number of hydrogen-bond donors (Lipinski definition) is 1. The Labute approximate surface area is 200 Å². The van der Waals surface area contributed by atoms with E-state index in [4.69, 9.17) is 0 Å². The van der Waals surface area contributed by atoms with E-state index in [-0.39, 0.29) is 30.2 Å². The number of likely N-dealkylation sites (tertiary alicyclic amines) is 1. The third-order valence-corrected chi connectivity index (χ3v) is 6.28. The normalized spacial score (nSPS) is 13.5. The number of aryl methyl sites for hydroxylation is 1. The van der Waals surface area contributed by atoms with Crippen molar-refractivity contribution in [2.75, 3.05) is 13.1 Å².